The Labute approximate surface area is 152 Å². The molecule has 0 aromatic carbocycles. The first-order chi connectivity index (χ1) is 12.2. The molecule has 0 atom stereocenters. The van der Waals surface area contributed by atoms with Crippen molar-refractivity contribution in [2.75, 3.05) is 6.54 Å². The average Bonchev–Trinajstić information content (AvgIpc) is 3.11. The second-order valence-electron chi connectivity index (χ2n) is 8.33. The minimum Gasteiger partial charge on any atom is -0.294 e. The number of fused-ring (bicyclic) bond motifs is 2. The first-order valence-electron chi connectivity index (χ1n) is 9.08. The standard InChI is InChI=1S/C19H26N6O/c1-12-13(9-23(5)21-12)10-24-7-6-15-14(11-24)18(26)25-17(20-15)8-16(22-25)19(2,3)4/h8-9,22H,6-7,10-11H2,1-5H3. The van der Waals surface area contributed by atoms with Crippen LogP contribution in [-0.4, -0.2) is 35.8 Å². The van der Waals surface area contributed by atoms with Crippen LogP contribution in [0.3, 0.4) is 0 Å². The lowest BCUT2D eigenvalue weighted by molar-refractivity contribution is 0.241. The summed E-state index contributed by atoms with van der Waals surface area (Å²) in [6.07, 6.45) is 2.86. The number of aromatic amines is 1. The van der Waals surface area contributed by atoms with Gasteiger partial charge in [-0.05, 0) is 6.92 Å². The molecular formula is C19H26N6O. The largest absolute Gasteiger partial charge is 0.294 e. The summed E-state index contributed by atoms with van der Waals surface area (Å²) in [7, 11) is 1.94. The summed E-state index contributed by atoms with van der Waals surface area (Å²) in [6.45, 7) is 10.7. The molecule has 0 bridgehead atoms. The third-order valence-corrected chi connectivity index (χ3v) is 5.16. The molecule has 0 aliphatic carbocycles. The Balaban J connectivity index is 1.68. The number of rotatable bonds is 2. The maximum Gasteiger partial charge on any atom is 0.277 e. The van der Waals surface area contributed by atoms with Crippen molar-refractivity contribution in [1.82, 2.24) is 29.3 Å². The minimum absolute atomic E-state index is 0.0214. The van der Waals surface area contributed by atoms with Crippen LogP contribution >= 0.6 is 0 Å². The molecule has 0 radical (unpaired) electrons. The van der Waals surface area contributed by atoms with Gasteiger partial charge in [-0.15, -0.1) is 0 Å². The summed E-state index contributed by atoms with van der Waals surface area (Å²) in [5.41, 5.74) is 5.70. The molecule has 7 nitrogen and oxygen atoms in total. The van der Waals surface area contributed by atoms with E-state index < -0.39 is 0 Å². The molecule has 1 aliphatic heterocycles. The summed E-state index contributed by atoms with van der Waals surface area (Å²) in [6, 6.07) is 1.99. The Morgan fingerprint density at radius 3 is 2.73 bits per heavy atom. The van der Waals surface area contributed by atoms with E-state index >= 15 is 0 Å². The lowest BCUT2D eigenvalue weighted by atomic mass is 9.93. The van der Waals surface area contributed by atoms with E-state index in [0.29, 0.717) is 6.54 Å². The number of hydrogen-bond donors (Lipinski definition) is 1. The third kappa shape index (κ3) is 2.86. The molecule has 3 aromatic heterocycles. The molecule has 0 spiro atoms. The first-order valence-corrected chi connectivity index (χ1v) is 9.08. The molecule has 1 aliphatic rings. The predicted octanol–water partition coefficient (Wildman–Crippen LogP) is 1.92. The third-order valence-electron chi connectivity index (χ3n) is 5.16. The van der Waals surface area contributed by atoms with Gasteiger partial charge in [0.15, 0.2) is 5.65 Å². The van der Waals surface area contributed by atoms with E-state index in [1.54, 1.807) is 4.52 Å². The lowest BCUT2D eigenvalue weighted by Crippen LogP contribution is -2.36. The van der Waals surface area contributed by atoms with Crippen molar-refractivity contribution < 1.29 is 0 Å². The fourth-order valence-corrected chi connectivity index (χ4v) is 3.60. The van der Waals surface area contributed by atoms with Crippen LogP contribution in [0.15, 0.2) is 17.1 Å². The molecule has 0 amide bonds. The molecule has 0 saturated heterocycles. The lowest BCUT2D eigenvalue weighted by Gasteiger charge is -2.27. The monoisotopic (exact) mass is 354 g/mol. The molecule has 0 fully saturated rings. The summed E-state index contributed by atoms with van der Waals surface area (Å²) in [5, 5.41) is 7.65. The van der Waals surface area contributed by atoms with Gasteiger partial charge in [0.05, 0.1) is 17.0 Å². The van der Waals surface area contributed by atoms with Crippen LogP contribution in [-0.2, 0) is 32.0 Å². The normalized spacial score (nSPS) is 15.6. The molecule has 7 heteroatoms. The molecule has 0 saturated carbocycles. The van der Waals surface area contributed by atoms with Crippen molar-refractivity contribution in [2.24, 2.45) is 7.05 Å². The van der Waals surface area contributed by atoms with Gasteiger partial charge in [-0.25, -0.2) is 9.50 Å². The van der Waals surface area contributed by atoms with Gasteiger partial charge in [-0.3, -0.25) is 19.5 Å². The minimum atomic E-state index is -0.0511. The molecule has 4 heterocycles. The van der Waals surface area contributed by atoms with E-state index in [4.69, 9.17) is 4.98 Å². The molecule has 0 unspecified atom stereocenters. The Hall–Kier alpha value is -2.41. The Morgan fingerprint density at radius 1 is 1.31 bits per heavy atom. The Kier molecular flexibility index (Phi) is 3.80. The van der Waals surface area contributed by atoms with Gasteiger partial charge in [0.2, 0.25) is 0 Å². The molecule has 3 aromatic rings. The molecule has 138 valence electrons. The zero-order valence-electron chi connectivity index (χ0n) is 16.1. The van der Waals surface area contributed by atoms with Crippen LogP contribution < -0.4 is 5.56 Å². The van der Waals surface area contributed by atoms with E-state index in [1.807, 2.05) is 24.7 Å². The van der Waals surface area contributed by atoms with E-state index in [-0.39, 0.29) is 11.0 Å². The van der Waals surface area contributed by atoms with Crippen molar-refractivity contribution in [3.05, 3.63) is 50.8 Å². The maximum absolute atomic E-state index is 13.0. The van der Waals surface area contributed by atoms with Crippen LogP contribution in [0, 0.1) is 6.92 Å². The zero-order chi connectivity index (χ0) is 18.6. The SMILES string of the molecule is Cc1nn(C)cc1CN1CCc2nc3cc(C(C)(C)C)[nH]n3c(=O)c2C1. The summed E-state index contributed by atoms with van der Waals surface area (Å²) < 4.78 is 3.44. The first kappa shape index (κ1) is 17.0. The Bertz CT molecular complexity index is 1030. The zero-order valence-corrected chi connectivity index (χ0v) is 16.1. The second-order valence-corrected chi connectivity index (χ2v) is 8.33. The highest BCUT2D eigenvalue weighted by Gasteiger charge is 2.25. The van der Waals surface area contributed by atoms with Gasteiger partial charge in [0.1, 0.15) is 0 Å². The smallest absolute Gasteiger partial charge is 0.277 e. The summed E-state index contributed by atoms with van der Waals surface area (Å²) in [4.78, 5) is 20.1. The quantitative estimate of drug-likeness (QED) is 0.763. The van der Waals surface area contributed by atoms with Crippen molar-refractivity contribution in [3.63, 3.8) is 0 Å². The average molecular weight is 354 g/mol. The number of aryl methyl sites for hydroxylation is 2. The van der Waals surface area contributed by atoms with Crippen molar-refractivity contribution in [1.29, 1.82) is 0 Å². The summed E-state index contributed by atoms with van der Waals surface area (Å²) >= 11 is 0. The summed E-state index contributed by atoms with van der Waals surface area (Å²) in [5.74, 6) is 0. The van der Waals surface area contributed by atoms with Crippen molar-refractivity contribution in [3.8, 4) is 0 Å². The van der Waals surface area contributed by atoms with E-state index in [1.165, 1.54) is 5.56 Å². The highest BCUT2D eigenvalue weighted by molar-refractivity contribution is 5.43. The molecule has 1 N–H and O–H groups in total. The van der Waals surface area contributed by atoms with E-state index in [9.17, 15) is 4.79 Å². The number of nitrogens with zero attached hydrogens (tertiary/aromatic N) is 5. The van der Waals surface area contributed by atoms with Gasteiger partial charge >= 0.3 is 0 Å². The van der Waals surface area contributed by atoms with Crippen LogP contribution in [0.2, 0.25) is 0 Å². The number of hydrogen-bond acceptors (Lipinski definition) is 4. The van der Waals surface area contributed by atoms with Gasteiger partial charge < -0.3 is 0 Å². The number of nitrogens with one attached hydrogen (secondary N) is 1. The molecular weight excluding hydrogens is 328 g/mol. The van der Waals surface area contributed by atoms with Crippen LogP contribution in [0.4, 0.5) is 0 Å². The van der Waals surface area contributed by atoms with E-state index in [0.717, 1.165) is 47.8 Å². The van der Waals surface area contributed by atoms with Crippen molar-refractivity contribution >= 4 is 5.65 Å². The predicted molar refractivity (Wildman–Crippen MR) is 100 cm³/mol. The fourth-order valence-electron chi connectivity index (χ4n) is 3.60. The Morgan fingerprint density at radius 2 is 2.08 bits per heavy atom. The highest BCUT2D eigenvalue weighted by atomic mass is 16.1. The van der Waals surface area contributed by atoms with Gasteiger partial charge in [-0.1, -0.05) is 20.8 Å². The van der Waals surface area contributed by atoms with E-state index in [2.05, 4.69) is 42.1 Å². The van der Waals surface area contributed by atoms with Crippen molar-refractivity contribution in [2.45, 2.75) is 52.6 Å². The molecule has 4 rings (SSSR count). The van der Waals surface area contributed by atoms with Gasteiger partial charge in [-0.2, -0.15) is 5.10 Å². The van der Waals surface area contributed by atoms with Gasteiger partial charge in [0.25, 0.3) is 5.56 Å². The maximum atomic E-state index is 13.0. The number of aromatic nitrogens is 5. The molecule has 26 heavy (non-hydrogen) atoms. The van der Waals surface area contributed by atoms with Crippen LogP contribution in [0.1, 0.15) is 49.0 Å². The number of H-pyrrole nitrogens is 1. The van der Waals surface area contributed by atoms with Crippen LogP contribution in [0.5, 0.6) is 0 Å². The highest BCUT2D eigenvalue weighted by Crippen LogP contribution is 2.23. The van der Waals surface area contributed by atoms with Gasteiger partial charge in [0, 0.05) is 62.0 Å². The second kappa shape index (κ2) is 5.81. The topological polar surface area (TPSA) is 71.2 Å². The van der Waals surface area contributed by atoms with Crippen LogP contribution in [0.25, 0.3) is 5.65 Å². The fraction of sp³-hybridized carbons (Fsp3) is 0.526.